The number of hydrogen-bond acceptors (Lipinski definition) is 3. The highest BCUT2D eigenvalue weighted by Gasteiger charge is 2.17. The lowest BCUT2D eigenvalue weighted by molar-refractivity contribution is 0.476. The summed E-state index contributed by atoms with van der Waals surface area (Å²) < 4.78 is 2.06. The standard InChI is InChI=1S/C16H16ClN3O/c1-9(2)20-14-7-10(17)3-6-13(14)19-16(20)12-5-4-11(18)8-15(12)21/h3-9,21H,18H2,1-2H3. The van der Waals surface area contributed by atoms with Crippen molar-refractivity contribution in [1.29, 1.82) is 0 Å². The molecule has 21 heavy (non-hydrogen) atoms. The van der Waals surface area contributed by atoms with Crippen molar-refractivity contribution >= 4 is 28.3 Å². The van der Waals surface area contributed by atoms with Crippen molar-refractivity contribution in [2.45, 2.75) is 19.9 Å². The van der Waals surface area contributed by atoms with Crippen LogP contribution in [0.5, 0.6) is 5.75 Å². The van der Waals surface area contributed by atoms with Crippen LogP contribution in [0.3, 0.4) is 0 Å². The van der Waals surface area contributed by atoms with E-state index in [1.54, 1.807) is 12.1 Å². The van der Waals surface area contributed by atoms with Gasteiger partial charge in [0.05, 0.1) is 16.6 Å². The summed E-state index contributed by atoms with van der Waals surface area (Å²) in [4.78, 5) is 4.64. The summed E-state index contributed by atoms with van der Waals surface area (Å²) >= 11 is 6.10. The lowest BCUT2D eigenvalue weighted by Crippen LogP contribution is -2.03. The molecule has 0 bridgehead atoms. The SMILES string of the molecule is CC(C)n1c(-c2ccc(N)cc2O)nc2ccc(Cl)cc21. The highest BCUT2D eigenvalue weighted by Crippen LogP contribution is 2.35. The molecule has 1 aromatic heterocycles. The van der Waals surface area contributed by atoms with Gasteiger partial charge >= 0.3 is 0 Å². The molecule has 0 radical (unpaired) electrons. The average Bonchev–Trinajstić information content (AvgIpc) is 2.76. The largest absolute Gasteiger partial charge is 0.507 e. The van der Waals surface area contributed by atoms with E-state index in [2.05, 4.69) is 23.4 Å². The number of nitrogen functional groups attached to an aromatic ring is 1. The van der Waals surface area contributed by atoms with E-state index in [1.165, 1.54) is 6.07 Å². The van der Waals surface area contributed by atoms with E-state index in [4.69, 9.17) is 17.3 Å². The van der Waals surface area contributed by atoms with Gasteiger partial charge in [0.15, 0.2) is 0 Å². The molecule has 0 aliphatic heterocycles. The van der Waals surface area contributed by atoms with Gasteiger partial charge < -0.3 is 15.4 Å². The number of nitrogens with two attached hydrogens (primary N) is 1. The average molecular weight is 302 g/mol. The second-order valence-corrected chi connectivity index (χ2v) is 5.75. The topological polar surface area (TPSA) is 64.1 Å². The zero-order valence-electron chi connectivity index (χ0n) is 11.8. The Morgan fingerprint density at radius 2 is 1.95 bits per heavy atom. The maximum Gasteiger partial charge on any atom is 0.145 e. The Balaban J connectivity index is 2.34. The number of phenols is 1. The lowest BCUT2D eigenvalue weighted by Gasteiger charge is -2.14. The molecule has 3 aromatic rings. The number of aromatic nitrogens is 2. The number of aromatic hydroxyl groups is 1. The van der Waals surface area contributed by atoms with E-state index >= 15 is 0 Å². The van der Waals surface area contributed by atoms with Crippen molar-refractivity contribution in [2.75, 3.05) is 5.73 Å². The van der Waals surface area contributed by atoms with Gasteiger partial charge in [0.2, 0.25) is 0 Å². The molecule has 0 unspecified atom stereocenters. The molecule has 0 amide bonds. The van der Waals surface area contributed by atoms with Gasteiger partial charge in [0, 0.05) is 22.8 Å². The molecule has 0 spiro atoms. The molecule has 0 aliphatic carbocycles. The fourth-order valence-electron chi connectivity index (χ4n) is 2.52. The first-order valence-electron chi connectivity index (χ1n) is 6.73. The van der Waals surface area contributed by atoms with Gasteiger partial charge in [0.25, 0.3) is 0 Å². The van der Waals surface area contributed by atoms with Crippen molar-refractivity contribution < 1.29 is 5.11 Å². The van der Waals surface area contributed by atoms with Crippen LogP contribution in [0.25, 0.3) is 22.4 Å². The van der Waals surface area contributed by atoms with Crippen LogP contribution >= 0.6 is 11.6 Å². The molecule has 0 saturated carbocycles. The Hall–Kier alpha value is -2.20. The number of fused-ring (bicyclic) bond motifs is 1. The van der Waals surface area contributed by atoms with Gasteiger partial charge in [-0.1, -0.05) is 11.6 Å². The highest BCUT2D eigenvalue weighted by atomic mass is 35.5. The number of benzene rings is 2. The van der Waals surface area contributed by atoms with Gasteiger partial charge in [-0.05, 0) is 44.2 Å². The van der Waals surface area contributed by atoms with Crippen LogP contribution < -0.4 is 5.73 Å². The number of hydrogen-bond donors (Lipinski definition) is 2. The van der Waals surface area contributed by atoms with E-state index in [9.17, 15) is 5.11 Å². The molecular formula is C16H16ClN3O. The van der Waals surface area contributed by atoms with Crippen molar-refractivity contribution in [3.05, 3.63) is 41.4 Å². The first-order valence-corrected chi connectivity index (χ1v) is 7.11. The molecule has 5 heteroatoms. The fourth-order valence-corrected chi connectivity index (χ4v) is 2.68. The Kier molecular flexibility index (Phi) is 3.26. The second kappa shape index (κ2) is 4.97. The third-order valence-corrected chi connectivity index (χ3v) is 3.67. The number of nitrogens with zero attached hydrogens (tertiary/aromatic N) is 2. The molecule has 3 N–H and O–H groups in total. The lowest BCUT2D eigenvalue weighted by atomic mass is 10.1. The Morgan fingerprint density at radius 3 is 2.62 bits per heavy atom. The number of rotatable bonds is 2. The third kappa shape index (κ3) is 2.32. The molecular weight excluding hydrogens is 286 g/mol. The maximum atomic E-state index is 10.2. The molecule has 2 aromatic carbocycles. The molecule has 0 fully saturated rings. The minimum absolute atomic E-state index is 0.123. The van der Waals surface area contributed by atoms with Crippen molar-refractivity contribution in [3.8, 4) is 17.1 Å². The summed E-state index contributed by atoms with van der Waals surface area (Å²) in [6.45, 7) is 4.14. The minimum atomic E-state index is 0.123. The van der Waals surface area contributed by atoms with Crippen LogP contribution in [-0.4, -0.2) is 14.7 Å². The van der Waals surface area contributed by atoms with Crippen LogP contribution in [0.4, 0.5) is 5.69 Å². The van der Waals surface area contributed by atoms with E-state index < -0.39 is 0 Å². The Bertz CT molecular complexity index is 824. The predicted octanol–water partition coefficient (Wildman–Crippen LogP) is 4.23. The summed E-state index contributed by atoms with van der Waals surface area (Å²) in [5.41, 5.74) is 8.67. The van der Waals surface area contributed by atoms with Crippen LogP contribution in [0.1, 0.15) is 19.9 Å². The fraction of sp³-hybridized carbons (Fsp3) is 0.188. The molecule has 1 heterocycles. The number of anilines is 1. The molecule has 0 atom stereocenters. The first-order chi connectivity index (χ1) is 9.97. The maximum absolute atomic E-state index is 10.2. The number of halogens is 1. The van der Waals surface area contributed by atoms with Gasteiger partial charge in [0.1, 0.15) is 11.6 Å². The van der Waals surface area contributed by atoms with Crippen LogP contribution in [0.2, 0.25) is 5.02 Å². The van der Waals surface area contributed by atoms with Crippen molar-refractivity contribution in [1.82, 2.24) is 9.55 Å². The third-order valence-electron chi connectivity index (χ3n) is 3.43. The summed E-state index contributed by atoms with van der Waals surface area (Å²) in [5, 5.41) is 10.8. The number of imidazole rings is 1. The zero-order valence-corrected chi connectivity index (χ0v) is 12.6. The van der Waals surface area contributed by atoms with E-state index in [0.717, 1.165) is 11.0 Å². The smallest absolute Gasteiger partial charge is 0.145 e. The minimum Gasteiger partial charge on any atom is -0.507 e. The summed E-state index contributed by atoms with van der Waals surface area (Å²) in [5.74, 6) is 0.832. The van der Waals surface area contributed by atoms with Gasteiger partial charge in [-0.25, -0.2) is 4.98 Å². The van der Waals surface area contributed by atoms with E-state index in [-0.39, 0.29) is 11.8 Å². The molecule has 0 aliphatic rings. The summed E-state index contributed by atoms with van der Waals surface area (Å²) in [6, 6.07) is 10.8. The second-order valence-electron chi connectivity index (χ2n) is 5.31. The van der Waals surface area contributed by atoms with Gasteiger partial charge in [-0.3, -0.25) is 0 Å². The van der Waals surface area contributed by atoms with Crippen LogP contribution in [0.15, 0.2) is 36.4 Å². The first kappa shape index (κ1) is 13.8. The van der Waals surface area contributed by atoms with Crippen LogP contribution in [-0.2, 0) is 0 Å². The predicted molar refractivity (Wildman–Crippen MR) is 86.6 cm³/mol. The molecule has 0 saturated heterocycles. The molecule has 3 rings (SSSR count). The summed E-state index contributed by atoms with van der Waals surface area (Å²) in [7, 11) is 0. The Morgan fingerprint density at radius 1 is 1.19 bits per heavy atom. The quantitative estimate of drug-likeness (QED) is 0.696. The zero-order chi connectivity index (χ0) is 15.1. The summed E-state index contributed by atoms with van der Waals surface area (Å²) in [6.07, 6.45) is 0. The van der Waals surface area contributed by atoms with Gasteiger partial charge in [-0.2, -0.15) is 0 Å². The Labute approximate surface area is 127 Å². The molecule has 108 valence electrons. The molecule has 4 nitrogen and oxygen atoms in total. The highest BCUT2D eigenvalue weighted by molar-refractivity contribution is 6.31. The van der Waals surface area contributed by atoms with Crippen molar-refractivity contribution in [2.24, 2.45) is 0 Å². The monoisotopic (exact) mass is 301 g/mol. The van der Waals surface area contributed by atoms with E-state index in [0.29, 0.717) is 22.1 Å². The van der Waals surface area contributed by atoms with Crippen molar-refractivity contribution in [3.63, 3.8) is 0 Å². The normalized spacial score (nSPS) is 11.4. The number of phenolic OH excluding ortho intramolecular Hbond substituents is 1. The van der Waals surface area contributed by atoms with Crippen LogP contribution in [0, 0.1) is 0 Å². The van der Waals surface area contributed by atoms with E-state index in [1.807, 2.05) is 18.2 Å². The van der Waals surface area contributed by atoms with Gasteiger partial charge in [-0.15, -0.1) is 0 Å².